The van der Waals surface area contributed by atoms with Crippen LogP contribution in [0.5, 0.6) is 0 Å². The van der Waals surface area contributed by atoms with Crippen LogP contribution in [0.25, 0.3) is 0 Å². The Morgan fingerprint density at radius 1 is 1.45 bits per heavy atom. The van der Waals surface area contributed by atoms with E-state index in [4.69, 9.17) is 4.74 Å². The van der Waals surface area contributed by atoms with Crippen molar-refractivity contribution in [1.82, 2.24) is 10.6 Å². The molecule has 1 unspecified atom stereocenters. The van der Waals surface area contributed by atoms with Crippen LogP contribution in [0.15, 0.2) is 11.4 Å². The average Bonchev–Trinajstić information content (AvgIpc) is 2.82. The number of anilines is 1. The monoisotopic (exact) mass is 299 g/mol. The lowest BCUT2D eigenvalue weighted by atomic mass is 10.3. The summed E-state index contributed by atoms with van der Waals surface area (Å²) in [4.78, 5) is 23.8. The summed E-state index contributed by atoms with van der Waals surface area (Å²) in [6, 6.07) is 1.55. The molecule has 1 aromatic heterocycles. The standard InChI is InChI=1S/C13H21N3O3S/c1-9(13(18)14-5-6-19-3)15-8-12-11(4-7-20-12)16-10(2)17/h4,7,9,15H,5-6,8H2,1-3H3,(H,14,18)(H,16,17). The first-order valence-corrected chi connectivity index (χ1v) is 7.26. The highest BCUT2D eigenvalue weighted by Crippen LogP contribution is 2.22. The molecule has 0 fully saturated rings. The minimum Gasteiger partial charge on any atom is -0.383 e. The van der Waals surface area contributed by atoms with Gasteiger partial charge in [-0.2, -0.15) is 0 Å². The maximum atomic E-state index is 11.7. The molecular weight excluding hydrogens is 278 g/mol. The fourth-order valence-electron chi connectivity index (χ4n) is 1.55. The zero-order valence-corrected chi connectivity index (χ0v) is 12.8. The van der Waals surface area contributed by atoms with Crippen LogP contribution < -0.4 is 16.0 Å². The molecule has 1 aromatic rings. The lowest BCUT2D eigenvalue weighted by Crippen LogP contribution is -2.42. The first-order valence-electron chi connectivity index (χ1n) is 6.38. The molecule has 0 radical (unpaired) electrons. The van der Waals surface area contributed by atoms with E-state index < -0.39 is 0 Å². The van der Waals surface area contributed by atoms with E-state index in [0.29, 0.717) is 19.7 Å². The van der Waals surface area contributed by atoms with E-state index in [2.05, 4.69) is 16.0 Å². The van der Waals surface area contributed by atoms with Gasteiger partial charge in [-0.1, -0.05) is 0 Å². The predicted molar refractivity (Wildman–Crippen MR) is 79.8 cm³/mol. The molecule has 0 aliphatic carbocycles. The molecule has 2 amide bonds. The summed E-state index contributed by atoms with van der Waals surface area (Å²) in [5, 5.41) is 10.6. The van der Waals surface area contributed by atoms with Crippen LogP contribution in [0.4, 0.5) is 5.69 Å². The molecular formula is C13H21N3O3S. The van der Waals surface area contributed by atoms with Crippen LogP contribution in [-0.2, 0) is 20.9 Å². The van der Waals surface area contributed by atoms with Gasteiger partial charge in [0, 0.05) is 32.0 Å². The molecule has 0 saturated carbocycles. The molecule has 112 valence electrons. The van der Waals surface area contributed by atoms with Crippen molar-refractivity contribution in [2.45, 2.75) is 26.4 Å². The number of amides is 2. The zero-order chi connectivity index (χ0) is 15.0. The highest BCUT2D eigenvalue weighted by atomic mass is 32.1. The third kappa shape index (κ3) is 5.68. The molecule has 0 aromatic carbocycles. The minimum absolute atomic E-state index is 0.0697. The van der Waals surface area contributed by atoms with Gasteiger partial charge < -0.3 is 20.7 Å². The molecule has 0 aliphatic rings. The van der Waals surface area contributed by atoms with Gasteiger partial charge >= 0.3 is 0 Å². The maximum absolute atomic E-state index is 11.7. The van der Waals surface area contributed by atoms with Crippen molar-refractivity contribution in [2.75, 3.05) is 25.6 Å². The summed E-state index contributed by atoms with van der Waals surface area (Å²) < 4.78 is 4.87. The summed E-state index contributed by atoms with van der Waals surface area (Å²) in [5.41, 5.74) is 0.794. The second-order valence-corrected chi connectivity index (χ2v) is 5.33. The number of ether oxygens (including phenoxy) is 1. The Balaban J connectivity index is 2.40. The zero-order valence-electron chi connectivity index (χ0n) is 12.0. The van der Waals surface area contributed by atoms with E-state index in [1.54, 1.807) is 14.0 Å². The van der Waals surface area contributed by atoms with Crippen molar-refractivity contribution in [3.05, 3.63) is 16.3 Å². The highest BCUT2D eigenvalue weighted by molar-refractivity contribution is 7.10. The largest absolute Gasteiger partial charge is 0.383 e. The Kier molecular flexibility index (Phi) is 7.21. The second-order valence-electron chi connectivity index (χ2n) is 4.33. The Labute approximate surface area is 122 Å². The average molecular weight is 299 g/mol. The number of nitrogens with one attached hydrogen (secondary N) is 3. The molecule has 0 bridgehead atoms. The van der Waals surface area contributed by atoms with Gasteiger partial charge in [0.1, 0.15) is 0 Å². The van der Waals surface area contributed by atoms with E-state index >= 15 is 0 Å². The van der Waals surface area contributed by atoms with Gasteiger partial charge in [0.2, 0.25) is 11.8 Å². The Bertz CT molecular complexity index is 448. The smallest absolute Gasteiger partial charge is 0.236 e. The van der Waals surface area contributed by atoms with Crippen molar-refractivity contribution in [3.63, 3.8) is 0 Å². The predicted octanol–water partition coefficient (Wildman–Crippen LogP) is 0.947. The Morgan fingerprint density at radius 2 is 2.20 bits per heavy atom. The molecule has 1 atom stereocenters. The van der Waals surface area contributed by atoms with Gasteiger partial charge in [0.25, 0.3) is 0 Å². The molecule has 0 saturated heterocycles. The van der Waals surface area contributed by atoms with Crippen LogP contribution in [0.2, 0.25) is 0 Å². The molecule has 3 N–H and O–H groups in total. The number of carbonyl (C=O) groups excluding carboxylic acids is 2. The molecule has 0 spiro atoms. The summed E-state index contributed by atoms with van der Waals surface area (Å²) in [6.07, 6.45) is 0. The number of methoxy groups -OCH3 is 1. The number of hydrogen-bond acceptors (Lipinski definition) is 5. The maximum Gasteiger partial charge on any atom is 0.236 e. The lowest BCUT2D eigenvalue weighted by molar-refractivity contribution is -0.123. The van der Waals surface area contributed by atoms with Crippen LogP contribution in [0.3, 0.4) is 0 Å². The van der Waals surface area contributed by atoms with Crippen molar-refractivity contribution in [1.29, 1.82) is 0 Å². The summed E-state index contributed by atoms with van der Waals surface area (Å²) in [6.45, 7) is 4.80. The van der Waals surface area contributed by atoms with E-state index in [-0.39, 0.29) is 17.9 Å². The summed E-state index contributed by atoms with van der Waals surface area (Å²) >= 11 is 1.54. The first-order chi connectivity index (χ1) is 9.54. The van der Waals surface area contributed by atoms with Gasteiger partial charge in [-0.15, -0.1) is 11.3 Å². The fraction of sp³-hybridized carbons (Fsp3) is 0.538. The van der Waals surface area contributed by atoms with Crippen molar-refractivity contribution in [3.8, 4) is 0 Å². The van der Waals surface area contributed by atoms with Gasteiger partial charge in [-0.25, -0.2) is 0 Å². The van der Waals surface area contributed by atoms with Gasteiger partial charge in [0.15, 0.2) is 0 Å². The van der Waals surface area contributed by atoms with Gasteiger partial charge in [-0.3, -0.25) is 9.59 Å². The molecule has 0 aliphatic heterocycles. The molecule has 7 heteroatoms. The van der Waals surface area contributed by atoms with Crippen molar-refractivity contribution in [2.24, 2.45) is 0 Å². The van der Waals surface area contributed by atoms with E-state index in [1.807, 2.05) is 11.4 Å². The summed E-state index contributed by atoms with van der Waals surface area (Å²) in [7, 11) is 1.59. The topological polar surface area (TPSA) is 79.5 Å². The van der Waals surface area contributed by atoms with E-state index in [0.717, 1.165) is 10.6 Å². The SMILES string of the molecule is COCCNC(=O)C(C)NCc1sccc1NC(C)=O. The van der Waals surface area contributed by atoms with E-state index in [1.165, 1.54) is 18.3 Å². The quantitative estimate of drug-likeness (QED) is 0.624. The Morgan fingerprint density at radius 3 is 2.85 bits per heavy atom. The highest BCUT2D eigenvalue weighted by Gasteiger charge is 2.13. The van der Waals surface area contributed by atoms with Gasteiger partial charge in [-0.05, 0) is 18.4 Å². The third-order valence-corrected chi connectivity index (χ3v) is 3.54. The molecule has 20 heavy (non-hydrogen) atoms. The number of thiophene rings is 1. The number of rotatable bonds is 8. The third-order valence-electron chi connectivity index (χ3n) is 2.62. The summed E-state index contributed by atoms with van der Waals surface area (Å²) in [5.74, 6) is -0.172. The van der Waals surface area contributed by atoms with E-state index in [9.17, 15) is 9.59 Å². The molecule has 6 nitrogen and oxygen atoms in total. The van der Waals surface area contributed by atoms with Crippen molar-refractivity contribution < 1.29 is 14.3 Å². The molecule has 1 heterocycles. The first kappa shape index (κ1) is 16.6. The number of carbonyl (C=O) groups is 2. The van der Waals surface area contributed by atoms with Gasteiger partial charge in [0.05, 0.1) is 18.3 Å². The second kappa shape index (κ2) is 8.68. The van der Waals surface area contributed by atoms with Crippen LogP contribution in [-0.4, -0.2) is 38.1 Å². The number of hydrogen-bond donors (Lipinski definition) is 3. The minimum atomic E-state index is -0.306. The molecule has 1 rings (SSSR count). The van der Waals surface area contributed by atoms with Crippen LogP contribution in [0.1, 0.15) is 18.7 Å². The lowest BCUT2D eigenvalue weighted by Gasteiger charge is -2.14. The van der Waals surface area contributed by atoms with Crippen LogP contribution >= 0.6 is 11.3 Å². The van der Waals surface area contributed by atoms with Crippen molar-refractivity contribution >= 4 is 28.8 Å². The Hall–Kier alpha value is -1.44. The van der Waals surface area contributed by atoms with Crippen LogP contribution in [0, 0.1) is 0 Å². The normalized spacial score (nSPS) is 11.9. The fourth-order valence-corrected chi connectivity index (χ4v) is 2.33.